The fraction of sp³-hybridized carbons (Fsp3) is 0.393. The minimum absolute atomic E-state index is 0.111. The van der Waals surface area contributed by atoms with E-state index in [2.05, 4.69) is 27.2 Å². The molecule has 4 rings (SSSR count). The third kappa shape index (κ3) is 6.89. The molecule has 1 amide bonds. The third-order valence-electron chi connectivity index (χ3n) is 6.12. The first-order valence-electron chi connectivity index (χ1n) is 12.5. The summed E-state index contributed by atoms with van der Waals surface area (Å²) >= 11 is 0. The van der Waals surface area contributed by atoms with Crippen LogP contribution in [0.5, 0.6) is 11.5 Å². The summed E-state index contributed by atoms with van der Waals surface area (Å²) in [6.45, 7) is 11.2. The fourth-order valence-corrected chi connectivity index (χ4v) is 4.18. The third-order valence-corrected chi connectivity index (χ3v) is 6.12. The molecule has 1 aliphatic heterocycles. The van der Waals surface area contributed by atoms with Crippen molar-refractivity contribution in [1.82, 2.24) is 20.0 Å². The molecule has 0 radical (unpaired) electrons. The molecular weight excluding hydrogens is 470 g/mol. The van der Waals surface area contributed by atoms with Crippen molar-refractivity contribution in [2.45, 2.75) is 45.9 Å². The van der Waals surface area contributed by atoms with E-state index < -0.39 is 5.60 Å². The molecule has 37 heavy (non-hydrogen) atoms. The molecule has 2 heterocycles. The van der Waals surface area contributed by atoms with Gasteiger partial charge in [-0.05, 0) is 51.0 Å². The maximum Gasteiger partial charge on any atom is 0.410 e. The number of hydrogen-bond donors (Lipinski definition) is 2. The Morgan fingerprint density at radius 1 is 1.05 bits per heavy atom. The highest BCUT2D eigenvalue weighted by atomic mass is 16.6. The number of phenols is 1. The zero-order valence-corrected chi connectivity index (χ0v) is 21.8. The molecule has 1 aromatic heterocycles. The first-order chi connectivity index (χ1) is 17.6. The molecule has 1 unspecified atom stereocenters. The maximum absolute atomic E-state index is 12.3. The van der Waals surface area contributed by atoms with E-state index in [1.165, 1.54) is 0 Å². The number of piperazine rings is 1. The van der Waals surface area contributed by atoms with Crippen molar-refractivity contribution in [3.8, 4) is 22.8 Å². The van der Waals surface area contributed by atoms with Gasteiger partial charge in [0.1, 0.15) is 23.1 Å². The van der Waals surface area contributed by atoms with Crippen LogP contribution in [0.2, 0.25) is 0 Å². The molecule has 196 valence electrons. The van der Waals surface area contributed by atoms with Crippen LogP contribution in [0.3, 0.4) is 0 Å². The monoisotopic (exact) mass is 505 g/mol. The molecule has 3 N–H and O–H groups in total. The summed E-state index contributed by atoms with van der Waals surface area (Å²) in [4.78, 5) is 16.4. The largest absolute Gasteiger partial charge is 0.507 e. The number of carbonyl (C=O) groups excluding carboxylic acids is 1. The van der Waals surface area contributed by atoms with Gasteiger partial charge in [0.25, 0.3) is 0 Å². The molecule has 0 aliphatic carbocycles. The van der Waals surface area contributed by atoms with Gasteiger partial charge in [0.15, 0.2) is 11.6 Å². The molecule has 0 spiro atoms. The minimum atomic E-state index is -0.491. The van der Waals surface area contributed by atoms with Gasteiger partial charge in [0, 0.05) is 44.4 Å². The number of nitrogens with zero attached hydrogens (tertiary/aromatic N) is 4. The number of amides is 1. The van der Waals surface area contributed by atoms with Crippen molar-refractivity contribution < 1.29 is 19.4 Å². The van der Waals surface area contributed by atoms with Crippen LogP contribution in [0.15, 0.2) is 54.6 Å². The molecule has 1 atom stereocenters. The maximum atomic E-state index is 12.3. The van der Waals surface area contributed by atoms with Gasteiger partial charge in [-0.3, -0.25) is 4.90 Å². The quantitative estimate of drug-likeness (QED) is 0.499. The summed E-state index contributed by atoms with van der Waals surface area (Å²) in [5.41, 5.74) is 8.76. The van der Waals surface area contributed by atoms with Crippen LogP contribution in [0.4, 0.5) is 10.6 Å². The number of para-hydroxylation sites is 1. The van der Waals surface area contributed by atoms with Crippen molar-refractivity contribution in [2.75, 3.05) is 31.9 Å². The van der Waals surface area contributed by atoms with Crippen LogP contribution in [0.1, 0.15) is 44.9 Å². The van der Waals surface area contributed by atoms with Crippen LogP contribution in [-0.4, -0.2) is 63.0 Å². The summed E-state index contributed by atoms with van der Waals surface area (Å²) in [5.74, 6) is 0.703. The summed E-state index contributed by atoms with van der Waals surface area (Å²) in [6.07, 6.45) is -0.539. The number of aromatic hydroxyl groups is 1. The van der Waals surface area contributed by atoms with E-state index in [4.69, 9.17) is 15.2 Å². The van der Waals surface area contributed by atoms with Crippen molar-refractivity contribution in [1.29, 1.82) is 0 Å². The topological polar surface area (TPSA) is 114 Å². The van der Waals surface area contributed by atoms with Gasteiger partial charge in [-0.25, -0.2) is 4.79 Å². The first-order valence-corrected chi connectivity index (χ1v) is 12.5. The number of ether oxygens (including phenoxy) is 2. The lowest BCUT2D eigenvalue weighted by Gasteiger charge is -2.35. The summed E-state index contributed by atoms with van der Waals surface area (Å²) < 4.78 is 11.7. The van der Waals surface area contributed by atoms with Crippen molar-refractivity contribution >= 4 is 11.9 Å². The second-order valence-corrected chi connectivity index (χ2v) is 10.2. The molecule has 0 saturated carbocycles. The minimum Gasteiger partial charge on any atom is -0.507 e. The van der Waals surface area contributed by atoms with Crippen molar-refractivity contribution in [2.24, 2.45) is 0 Å². The molecule has 3 aromatic rings. The number of carbonyl (C=O) groups is 1. The predicted molar refractivity (Wildman–Crippen MR) is 142 cm³/mol. The van der Waals surface area contributed by atoms with Gasteiger partial charge in [-0.2, -0.15) is 0 Å². The van der Waals surface area contributed by atoms with Crippen LogP contribution < -0.4 is 10.5 Å². The number of aromatic nitrogens is 2. The molecule has 9 heteroatoms. The van der Waals surface area contributed by atoms with E-state index in [9.17, 15) is 9.90 Å². The zero-order chi connectivity index (χ0) is 26.6. The normalized spacial score (nSPS) is 15.3. The number of benzene rings is 2. The number of nitrogen functional groups attached to an aromatic ring is 1. The Bertz CT molecular complexity index is 1240. The van der Waals surface area contributed by atoms with E-state index in [0.29, 0.717) is 30.1 Å². The number of phenolic OH excluding ortho intramolecular Hbond substituents is 1. The Morgan fingerprint density at radius 2 is 1.78 bits per heavy atom. The average Bonchev–Trinajstić information content (AvgIpc) is 2.85. The second-order valence-electron chi connectivity index (χ2n) is 10.2. The second kappa shape index (κ2) is 11.0. The number of rotatable bonds is 6. The van der Waals surface area contributed by atoms with Crippen LogP contribution in [0, 0.1) is 0 Å². The van der Waals surface area contributed by atoms with E-state index in [-0.39, 0.29) is 23.8 Å². The van der Waals surface area contributed by atoms with Crippen LogP contribution in [0.25, 0.3) is 11.3 Å². The molecule has 1 aliphatic rings. The lowest BCUT2D eigenvalue weighted by molar-refractivity contribution is 0.0139. The van der Waals surface area contributed by atoms with Gasteiger partial charge in [-0.15, -0.1) is 10.2 Å². The Balaban J connectivity index is 1.38. The summed E-state index contributed by atoms with van der Waals surface area (Å²) in [7, 11) is 0. The fourth-order valence-electron chi connectivity index (χ4n) is 4.18. The average molecular weight is 506 g/mol. The van der Waals surface area contributed by atoms with E-state index in [0.717, 1.165) is 30.8 Å². The highest BCUT2D eigenvalue weighted by Gasteiger charge is 2.26. The molecule has 9 nitrogen and oxygen atoms in total. The first kappa shape index (κ1) is 26.2. The number of anilines is 1. The van der Waals surface area contributed by atoms with Crippen LogP contribution in [-0.2, 0) is 11.3 Å². The van der Waals surface area contributed by atoms with Gasteiger partial charge in [-0.1, -0.05) is 36.4 Å². The number of nitrogens with two attached hydrogens (primary N) is 1. The smallest absolute Gasteiger partial charge is 0.410 e. The zero-order valence-electron chi connectivity index (χ0n) is 21.8. The molecule has 2 aromatic carbocycles. The number of hydrogen-bond acceptors (Lipinski definition) is 8. The Labute approximate surface area is 217 Å². The van der Waals surface area contributed by atoms with E-state index in [1.54, 1.807) is 29.2 Å². The molecular formula is C28H35N5O4. The lowest BCUT2D eigenvalue weighted by atomic mass is 10.1. The van der Waals surface area contributed by atoms with Gasteiger partial charge in [0.2, 0.25) is 0 Å². The molecule has 1 saturated heterocycles. The molecule has 0 bridgehead atoms. The summed E-state index contributed by atoms with van der Waals surface area (Å²) in [6, 6.07) is 16.9. The predicted octanol–water partition coefficient (Wildman–Crippen LogP) is 4.62. The highest BCUT2D eigenvalue weighted by Crippen LogP contribution is 2.33. The molecule has 1 fully saturated rings. The lowest BCUT2D eigenvalue weighted by Crippen LogP contribution is -2.49. The highest BCUT2D eigenvalue weighted by molar-refractivity contribution is 5.69. The van der Waals surface area contributed by atoms with Gasteiger partial charge >= 0.3 is 6.09 Å². The van der Waals surface area contributed by atoms with Gasteiger partial charge < -0.3 is 25.2 Å². The summed E-state index contributed by atoms with van der Waals surface area (Å²) in [5, 5.41) is 18.3. The van der Waals surface area contributed by atoms with Crippen LogP contribution >= 0.6 is 0 Å². The van der Waals surface area contributed by atoms with E-state index in [1.807, 2.05) is 45.9 Å². The Morgan fingerprint density at radius 3 is 2.49 bits per heavy atom. The van der Waals surface area contributed by atoms with Gasteiger partial charge in [0.05, 0.1) is 0 Å². The van der Waals surface area contributed by atoms with E-state index >= 15 is 0 Å². The van der Waals surface area contributed by atoms with Crippen molar-refractivity contribution in [3.05, 3.63) is 65.7 Å². The standard InChI is InChI=1S/C28H35N5O4/c1-19(36-25-17-23(30-31-26(25)29)22-10-5-6-11-24(22)34)21-9-7-8-20(16-21)18-32-12-14-33(15-13-32)27(35)37-28(2,3)4/h5-11,16-17,19,34H,12-15,18H2,1-4H3,(H2,29,31). The Hall–Kier alpha value is -3.85. The Kier molecular flexibility index (Phi) is 7.83. The van der Waals surface area contributed by atoms with Crippen molar-refractivity contribution in [3.63, 3.8) is 0 Å². The SMILES string of the molecule is CC(Oc1cc(-c2ccccc2O)nnc1N)c1cccc(CN2CCN(C(=O)OC(C)(C)C)CC2)c1.